The van der Waals surface area contributed by atoms with Crippen molar-refractivity contribution < 1.29 is 18.7 Å². The molecule has 0 aliphatic rings. The van der Waals surface area contributed by atoms with E-state index in [1.807, 2.05) is 0 Å². The van der Waals surface area contributed by atoms with Crippen LogP contribution in [0, 0.1) is 11.6 Å². The van der Waals surface area contributed by atoms with Crippen LogP contribution < -0.4 is 0 Å². The van der Waals surface area contributed by atoms with Crippen LogP contribution in [0.2, 0.25) is 0 Å². The summed E-state index contributed by atoms with van der Waals surface area (Å²) in [5.41, 5.74) is 0.854. The van der Waals surface area contributed by atoms with Crippen molar-refractivity contribution in [3.05, 3.63) is 65.0 Å². The van der Waals surface area contributed by atoms with Crippen molar-refractivity contribution in [1.29, 1.82) is 0 Å². The van der Waals surface area contributed by atoms with Crippen LogP contribution in [0.3, 0.4) is 0 Å². The Hall–Kier alpha value is -2.30. The number of rotatable bonds is 3. The molecule has 0 saturated heterocycles. The predicted octanol–water partition coefficient (Wildman–Crippen LogP) is 2.65. The highest BCUT2D eigenvalue weighted by molar-refractivity contribution is 5.89. The van der Waals surface area contributed by atoms with Crippen LogP contribution >= 0.6 is 0 Å². The van der Waals surface area contributed by atoms with Gasteiger partial charge in [-0.05, 0) is 29.3 Å². The summed E-state index contributed by atoms with van der Waals surface area (Å²) in [6.45, 7) is 0. The summed E-state index contributed by atoms with van der Waals surface area (Å²) in [5, 5.41) is 8.98. The summed E-state index contributed by atoms with van der Waals surface area (Å²) < 4.78 is 26.0. The molecule has 0 fully saturated rings. The zero-order valence-electron chi connectivity index (χ0n) is 9.23. The van der Waals surface area contributed by atoms with Crippen LogP contribution in [0.15, 0.2) is 36.7 Å². The van der Waals surface area contributed by atoms with Gasteiger partial charge in [0, 0.05) is 24.9 Å². The second-order valence-electron chi connectivity index (χ2n) is 3.79. The van der Waals surface area contributed by atoms with Gasteiger partial charge in [-0.15, -0.1) is 0 Å². The van der Waals surface area contributed by atoms with Crippen molar-refractivity contribution in [2.75, 3.05) is 0 Å². The second-order valence-corrected chi connectivity index (χ2v) is 3.79. The molecule has 2 rings (SSSR count). The monoisotopic (exact) mass is 249 g/mol. The molecule has 0 aliphatic carbocycles. The lowest BCUT2D eigenvalue weighted by Crippen LogP contribution is -2.04. The Balaban J connectivity index is 2.37. The lowest BCUT2D eigenvalue weighted by atomic mass is 10.0. The number of aromatic carboxylic acids is 1. The van der Waals surface area contributed by atoms with Gasteiger partial charge in [0.25, 0.3) is 0 Å². The minimum absolute atomic E-state index is 0.0784. The third kappa shape index (κ3) is 2.68. The molecule has 92 valence electrons. The van der Waals surface area contributed by atoms with Crippen molar-refractivity contribution in [1.82, 2.24) is 4.98 Å². The molecule has 18 heavy (non-hydrogen) atoms. The SMILES string of the molecule is O=C(O)c1ccncc1Cc1cc(F)cc(F)c1. The summed E-state index contributed by atoms with van der Waals surface area (Å²) in [7, 11) is 0. The minimum atomic E-state index is -1.09. The molecule has 5 heteroatoms. The van der Waals surface area contributed by atoms with Crippen molar-refractivity contribution in [2.45, 2.75) is 6.42 Å². The molecule has 3 nitrogen and oxygen atoms in total. The van der Waals surface area contributed by atoms with Crippen LogP contribution in [0.1, 0.15) is 21.5 Å². The van der Waals surface area contributed by atoms with Gasteiger partial charge in [-0.3, -0.25) is 4.98 Å². The van der Waals surface area contributed by atoms with Gasteiger partial charge in [0.15, 0.2) is 0 Å². The quantitative estimate of drug-likeness (QED) is 0.909. The van der Waals surface area contributed by atoms with Crippen molar-refractivity contribution in [2.24, 2.45) is 0 Å². The number of aromatic nitrogens is 1. The van der Waals surface area contributed by atoms with Crippen LogP contribution in [-0.2, 0) is 6.42 Å². The maximum absolute atomic E-state index is 13.0. The summed E-state index contributed by atoms with van der Waals surface area (Å²) in [5.74, 6) is -2.47. The summed E-state index contributed by atoms with van der Waals surface area (Å²) in [6.07, 6.45) is 2.86. The lowest BCUT2D eigenvalue weighted by Gasteiger charge is -2.05. The van der Waals surface area contributed by atoms with Crippen LogP contribution in [0.25, 0.3) is 0 Å². The van der Waals surface area contributed by atoms with E-state index in [-0.39, 0.29) is 12.0 Å². The fourth-order valence-electron chi connectivity index (χ4n) is 1.71. The van der Waals surface area contributed by atoms with Crippen LogP contribution in [0.4, 0.5) is 8.78 Å². The average Bonchev–Trinajstić information content (AvgIpc) is 2.27. The Bertz CT molecular complexity index is 579. The van der Waals surface area contributed by atoms with Crippen LogP contribution in [0.5, 0.6) is 0 Å². The third-order valence-corrected chi connectivity index (χ3v) is 2.45. The number of hydrogen-bond donors (Lipinski definition) is 1. The molecule has 1 N–H and O–H groups in total. The molecule has 0 unspecified atom stereocenters. The Morgan fingerprint density at radius 1 is 1.22 bits per heavy atom. The minimum Gasteiger partial charge on any atom is -0.478 e. The summed E-state index contributed by atoms with van der Waals surface area (Å²) >= 11 is 0. The summed E-state index contributed by atoms with van der Waals surface area (Å²) in [4.78, 5) is 14.8. The third-order valence-electron chi connectivity index (χ3n) is 2.45. The van der Waals surface area contributed by atoms with Gasteiger partial charge in [-0.25, -0.2) is 13.6 Å². The van der Waals surface area contributed by atoms with E-state index in [4.69, 9.17) is 5.11 Å². The van der Waals surface area contributed by atoms with Crippen molar-refractivity contribution in [3.8, 4) is 0 Å². The fraction of sp³-hybridized carbons (Fsp3) is 0.0769. The fourth-order valence-corrected chi connectivity index (χ4v) is 1.71. The first-order chi connectivity index (χ1) is 8.56. The van der Waals surface area contributed by atoms with Gasteiger partial charge in [0.1, 0.15) is 11.6 Å². The molecule has 0 atom stereocenters. The smallest absolute Gasteiger partial charge is 0.336 e. The maximum atomic E-state index is 13.0. The van der Waals surface area contributed by atoms with E-state index >= 15 is 0 Å². The van der Waals surface area contributed by atoms with E-state index in [1.165, 1.54) is 30.6 Å². The molecule has 1 heterocycles. The standard InChI is InChI=1S/C13H9F2NO2/c14-10-4-8(5-11(15)6-10)3-9-7-16-2-1-12(9)13(17)18/h1-2,4-7H,3H2,(H,17,18). The zero-order valence-corrected chi connectivity index (χ0v) is 9.23. The molecule has 0 amide bonds. The normalized spacial score (nSPS) is 10.3. The predicted molar refractivity (Wildman–Crippen MR) is 60.4 cm³/mol. The van der Waals surface area contributed by atoms with E-state index in [0.29, 0.717) is 11.1 Å². The Morgan fingerprint density at radius 3 is 2.50 bits per heavy atom. The molecule has 0 radical (unpaired) electrons. The second kappa shape index (κ2) is 4.91. The highest BCUT2D eigenvalue weighted by Crippen LogP contribution is 2.15. The van der Waals surface area contributed by atoms with E-state index < -0.39 is 17.6 Å². The average molecular weight is 249 g/mol. The summed E-state index contributed by atoms with van der Waals surface area (Å²) in [6, 6.07) is 4.46. The molecule has 1 aromatic carbocycles. The van der Waals surface area contributed by atoms with Crippen molar-refractivity contribution >= 4 is 5.97 Å². The Labute approximate surface area is 102 Å². The van der Waals surface area contributed by atoms with Gasteiger partial charge in [0.05, 0.1) is 5.56 Å². The molecular weight excluding hydrogens is 240 g/mol. The topological polar surface area (TPSA) is 50.2 Å². The number of nitrogens with zero attached hydrogens (tertiary/aromatic N) is 1. The van der Waals surface area contributed by atoms with Gasteiger partial charge in [0.2, 0.25) is 0 Å². The first-order valence-electron chi connectivity index (χ1n) is 5.17. The first kappa shape index (κ1) is 12.2. The van der Waals surface area contributed by atoms with Gasteiger partial charge >= 0.3 is 5.97 Å². The highest BCUT2D eigenvalue weighted by atomic mass is 19.1. The number of carboxylic acid groups (broad SMARTS) is 1. The Kier molecular flexibility index (Phi) is 3.32. The van der Waals surface area contributed by atoms with Gasteiger partial charge < -0.3 is 5.11 Å². The number of carboxylic acids is 1. The number of halogens is 2. The number of pyridine rings is 1. The molecule has 1 aromatic heterocycles. The largest absolute Gasteiger partial charge is 0.478 e. The van der Waals surface area contributed by atoms with Gasteiger partial charge in [-0.1, -0.05) is 0 Å². The van der Waals surface area contributed by atoms with Crippen LogP contribution in [-0.4, -0.2) is 16.1 Å². The maximum Gasteiger partial charge on any atom is 0.336 e. The highest BCUT2D eigenvalue weighted by Gasteiger charge is 2.11. The Morgan fingerprint density at radius 2 is 1.89 bits per heavy atom. The first-order valence-corrected chi connectivity index (χ1v) is 5.17. The lowest BCUT2D eigenvalue weighted by molar-refractivity contribution is 0.0695. The number of hydrogen-bond acceptors (Lipinski definition) is 2. The molecule has 2 aromatic rings. The van der Waals surface area contributed by atoms with Crippen molar-refractivity contribution in [3.63, 3.8) is 0 Å². The number of carbonyl (C=O) groups is 1. The number of benzene rings is 1. The molecule has 0 bridgehead atoms. The molecule has 0 spiro atoms. The molecular formula is C13H9F2NO2. The van der Waals surface area contributed by atoms with E-state index in [2.05, 4.69) is 4.98 Å². The van der Waals surface area contributed by atoms with E-state index in [9.17, 15) is 13.6 Å². The molecule has 0 aliphatic heterocycles. The van der Waals surface area contributed by atoms with E-state index in [1.54, 1.807) is 0 Å². The molecule has 0 saturated carbocycles. The van der Waals surface area contributed by atoms with E-state index in [0.717, 1.165) is 6.07 Å². The zero-order chi connectivity index (χ0) is 13.1. The van der Waals surface area contributed by atoms with Gasteiger partial charge in [-0.2, -0.15) is 0 Å².